The van der Waals surface area contributed by atoms with E-state index in [4.69, 9.17) is 5.73 Å². The van der Waals surface area contributed by atoms with Gasteiger partial charge in [-0.2, -0.15) is 0 Å². The third kappa shape index (κ3) is 3.21. The summed E-state index contributed by atoms with van der Waals surface area (Å²) in [7, 11) is 3.45. The summed E-state index contributed by atoms with van der Waals surface area (Å²) in [5, 5.41) is 1.55. The van der Waals surface area contributed by atoms with Crippen LogP contribution in [0.2, 0.25) is 0 Å². The predicted octanol–water partition coefficient (Wildman–Crippen LogP) is -0.681. The Balaban J connectivity index is 2.12. The van der Waals surface area contributed by atoms with Gasteiger partial charge in [-0.3, -0.25) is 10.2 Å². The summed E-state index contributed by atoms with van der Waals surface area (Å²) >= 11 is 0. The number of aromatic amines is 2. The Bertz CT molecular complexity index is 643. The van der Waals surface area contributed by atoms with E-state index >= 15 is 0 Å². The van der Waals surface area contributed by atoms with Crippen LogP contribution in [0.1, 0.15) is 5.56 Å². The molecule has 102 valence electrons. The van der Waals surface area contributed by atoms with Crippen molar-refractivity contribution in [2.75, 3.05) is 14.1 Å². The highest BCUT2D eigenvalue weighted by atomic mass is 16.2. The standard InChI is InChI=1S/C12H17N5O2/c1-17(2)16-11(18)8(13)5-7-3-4-9-10(6-7)15-12(19)14-9/h3-4,6,8H,5,13H2,1-2H3,(H,16,18)(H2,14,15,19). The van der Waals surface area contributed by atoms with Crippen molar-refractivity contribution < 1.29 is 4.79 Å². The van der Waals surface area contributed by atoms with E-state index in [-0.39, 0.29) is 11.6 Å². The number of carbonyl (C=O) groups is 1. The number of aromatic nitrogens is 2. The van der Waals surface area contributed by atoms with Gasteiger partial charge in [0.25, 0.3) is 5.91 Å². The number of nitrogens with one attached hydrogen (secondary N) is 3. The highest BCUT2D eigenvalue weighted by Crippen LogP contribution is 2.11. The highest BCUT2D eigenvalue weighted by molar-refractivity contribution is 5.81. The lowest BCUT2D eigenvalue weighted by Gasteiger charge is -2.16. The number of nitrogens with two attached hydrogens (primary N) is 1. The van der Waals surface area contributed by atoms with E-state index in [9.17, 15) is 9.59 Å². The molecule has 7 nitrogen and oxygen atoms in total. The fraction of sp³-hybridized carbons (Fsp3) is 0.333. The summed E-state index contributed by atoms with van der Waals surface area (Å²) in [6, 6.07) is 4.81. The fourth-order valence-electron chi connectivity index (χ4n) is 1.86. The Hall–Kier alpha value is -2.12. The average Bonchev–Trinajstić information content (AvgIpc) is 2.67. The summed E-state index contributed by atoms with van der Waals surface area (Å²) < 4.78 is 0. The normalized spacial score (nSPS) is 12.8. The molecule has 0 aliphatic rings. The van der Waals surface area contributed by atoms with Crippen LogP contribution in [0.3, 0.4) is 0 Å². The second kappa shape index (κ2) is 5.25. The van der Waals surface area contributed by atoms with E-state index < -0.39 is 6.04 Å². The van der Waals surface area contributed by atoms with Gasteiger partial charge in [0, 0.05) is 14.1 Å². The first-order valence-electron chi connectivity index (χ1n) is 5.90. The van der Waals surface area contributed by atoms with Crippen LogP contribution in [0.4, 0.5) is 0 Å². The molecule has 0 fully saturated rings. The van der Waals surface area contributed by atoms with Gasteiger partial charge in [-0.1, -0.05) is 6.07 Å². The number of hydrogen-bond donors (Lipinski definition) is 4. The Morgan fingerprint density at radius 3 is 2.74 bits per heavy atom. The van der Waals surface area contributed by atoms with Crippen LogP contribution in [-0.4, -0.2) is 41.0 Å². The van der Waals surface area contributed by atoms with Crippen molar-refractivity contribution >= 4 is 16.9 Å². The van der Waals surface area contributed by atoms with Crippen LogP contribution in [0, 0.1) is 0 Å². The van der Waals surface area contributed by atoms with Crippen molar-refractivity contribution in [1.82, 2.24) is 20.4 Å². The van der Waals surface area contributed by atoms with Crippen LogP contribution in [0.5, 0.6) is 0 Å². The number of imidazole rings is 1. The molecule has 1 atom stereocenters. The minimum Gasteiger partial charge on any atom is -0.320 e. The van der Waals surface area contributed by atoms with Crippen molar-refractivity contribution in [3.8, 4) is 0 Å². The van der Waals surface area contributed by atoms with Gasteiger partial charge < -0.3 is 15.7 Å². The number of H-pyrrole nitrogens is 2. The number of hydrogen-bond acceptors (Lipinski definition) is 4. The molecular weight excluding hydrogens is 246 g/mol. The lowest BCUT2D eigenvalue weighted by atomic mass is 10.1. The first kappa shape index (κ1) is 13.3. The zero-order valence-electron chi connectivity index (χ0n) is 10.9. The molecule has 2 aromatic rings. The molecule has 5 N–H and O–H groups in total. The molecule has 0 aliphatic carbocycles. The zero-order valence-corrected chi connectivity index (χ0v) is 10.9. The monoisotopic (exact) mass is 263 g/mol. The number of amides is 1. The minimum atomic E-state index is -0.634. The maximum Gasteiger partial charge on any atom is 0.323 e. The molecule has 0 saturated heterocycles. The number of nitrogens with zero attached hydrogens (tertiary/aromatic N) is 1. The molecule has 7 heteroatoms. The largest absolute Gasteiger partial charge is 0.323 e. The molecule has 0 saturated carbocycles. The Morgan fingerprint density at radius 1 is 1.37 bits per heavy atom. The zero-order chi connectivity index (χ0) is 14.0. The van der Waals surface area contributed by atoms with Gasteiger partial charge in [0.15, 0.2) is 0 Å². The molecule has 2 rings (SSSR count). The first-order chi connectivity index (χ1) is 8.95. The summed E-state index contributed by atoms with van der Waals surface area (Å²) in [4.78, 5) is 28.2. The van der Waals surface area contributed by atoms with Gasteiger partial charge in [0.05, 0.1) is 17.1 Å². The molecule has 1 heterocycles. The molecule has 1 amide bonds. The third-order valence-electron chi connectivity index (χ3n) is 2.71. The average molecular weight is 263 g/mol. The molecule has 1 aromatic carbocycles. The molecule has 0 spiro atoms. The van der Waals surface area contributed by atoms with Gasteiger partial charge in [-0.15, -0.1) is 0 Å². The molecule has 0 aliphatic heterocycles. The van der Waals surface area contributed by atoms with E-state index in [0.717, 1.165) is 11.1 Å². The lowest BCUT2D eigenvalue weighted by Crippen LogP contribution is -2.47. The number of hydrazine groups is 1. The predicted molar refractivity (Wildman–Crippen MR) is 72.4 cm³/mol. The van der Waals surface area contributed by atoms with Gasteiger partial charge in [-0.25, -0.2) is 9.80 Å². The van der Waals surface area contributed by atoms with Crippen molar-refractivity contribution in [1.29, 1.82) is 0 Å². The summed E-state index contributed by atoms with van der Waals surface area (Å²) in [6.07, 6.45) is 0.406. The van der Waals surface area contributed by atoms with Crippen LogP contribution in [0.25, 0.3) is 11.0 Å². The van der Waals surface area contributed by atoms with Gasteiger partial charge in [-0.05, 0) is 24.1 Å². The molecule has 1 unspecified atom stereocenters. The van der Waals surface area contributed by atoms with Crippen LogP contribution >= 0.6 is 0 Å². The number of fused-ring (bicyclic) bond motifs is 1. The maximum atomic E-state index is 11.7. The quantitative estimate of drug-likeness (QED) is 0.548. The van der Waals surface area contributed by atoms with Gasteiger partial charge in [0.2, 0.25) is 0 Å². The van der Waals surface area contributed by atoms with E-state index in [0.29, 0.717) is 11.9 Å². The topological polar surface area (TPSA) is 107 Å². The van der Waals surface area contributed by atoms with E-state index in [2.05, 4.69) is 15.4 Å². The molecule has 19 heavy (non-hydrogen) atoms. The summed E-state index contributed by atoms with van der Waals surface area (Å²) in [5.41, 5.74) is 10.5. The SMILES string of the molecule is CN(C)NC(=O)C(N)Cc1ccc2[nH]c(=O)[nH]c2c1. The smallest absolute Gasteiger partial charge is 0.320 e. The molecule has 1 aromatic heterocycles. The minimum absolute atomic E-state index is 0.243. The second-order valence-corrected chi connectivity index (χ2v) is 4.64. The van der Waals surface area contributed by atoms with Gasteiger partial charge >= 0.3 is 5.69 Å². The van der Waals surface area contributed by atoms with E-state index in [1.807, 2.05) is 12.1 Å². The first-order valence-corrected chi connectivity index (χ1v) is 5.90. The van der Waals surface area contributed by atoms with Crippen LogP contribution in [0.15, 0.2) is 23.0 Å². The second-order valence-electron chi connectivity index (χ2n) is 4.64. The Kier molecular flexibility index (Phi) is 3.68. The molecule has 0 bridgehead atoms. The Morgan fingerprint density at radius 2 is 2.05 bits per heavy atom. The highest BCUT2D eigenvalue weighted by Gasteiger charge is 2.14. The number of benzene rings is 1. The van der Waals surface area contributed by atoms with Crippen molar-refractivity contribution in [2.45, 2.75) is 12.5 Å². The van der Waals surface area contributed by atoms with Crippen LogP contribution in [-0.2, 0) is 11.2 Å². The van der Waals surface area contributed by atoms with Gasteiger partial charge in [0.1, 0.15) is 0 Å². The van der Waals surface area contributed by atoms with Crippen molar-refractivity contribution in [3.63, 3.8) is 0 Å². The lowest BCUT2D eigenvalue weighted by molar-refractivity contribution is -0.126. The van der Waals surface area contributed by atoms with Crippen molar-refractivity contribution in [2.24, 2.45) is 5.73 Å². The third-order valence-corrected chi connectivity index (χ3v) is 2.71. The summed E-state index contributed by atoms with van der Waals surface area (Å²) in [6.45, 7) is 0. The molecular formula is C12H17N5O2. The fourth-order valence-corrected chi connectivity index (χ4v) is 1.86. The number of rotatable bonds is 4. The van der Waals surface area contributed by atoms with E-state index in [1.165, 1.54) is 0 Å². The summed E-state index contributed by atoms with van der Waals surface area (Å²) in [5.74, 6) is -0.243. The van der Waals surface area contributed by atoms with Crippen LogP contribution < -0.4 is 16.8 Å². The number of carbonyl (C=O) groups excluding carboxylic acids is 1. The van der Waals surface area contributed by atoms with Crippen molar-refractivity contribution in [3.05, 3.63) is 34.2 Å². The Labute approximate surface area is 109 Å². The maximum absolute atomic E-state index is 11.7. The van der Waals surface area contributed by atoms with E-state index in [1.54, 1.807) is 25.2 Å². The molecule has 0 radical (unpaired) electrons.